The minimum absolute atomic E-state index is 0.361. The average Bonchev–Trinajstić information content (AvgIpc) is 2.18. The highest BCUT2D eigenvalue weighted by molar-refractivity contribution is 5.23. The maximum absolute atomic E-state index is 10.3. The second kappa shape index (κ2) is 2.98. The molecular formula is C12H18O. The van der Waals surface area contributed by atoms with Gasteiger partial charge >= 0.3 is 0 Å². The molecule has 0 radical (unpaired) electrons. The molecule has 0 aliphatic heterocycles. The van der Waals surface area contributed by atoms with Crippen LogP contribution in [0.15, 0.2) is 24.3 Å². The van der Waals surface area contributed by atoms with Crippen LogP contribution < -0.4 is 0 Å². The van der Waals surface area contributed by atoms with Crippen molar-refractivity contribution in [1.82, 2.24) is 0 Å². The molecule has 1 heteroatoms. The normalized spacial score (nSPS) is 46.8. The Morgan fingerprint density at radius 3 is 2.85 bits per heavy atom. The first-order chi connectivity index (χ1) is 6.19. The highest BCUT2D eigenvalue weighted by atomic mass is 16.3. The van der Waals surface area contributed by atoms with E-state index in [4.69, 9.17) is 0 Å². The molecule has 0 saturated heterocycles. The Hall–Kier alpha value is -0.560. The van der Waals surface area contributed by atoms with Gasteiger partial charge in [-0.3, -0.25) is 0 Å². The van der Waals surface area contributed by atoms with Gasteiger partial charge in [0.2, 0.25) is 0 Å². The van der Waals surface area contributed by atoms with Crippen molar-refractivity contribution < 1.29 is 5.11 Å². The van der Waals surface area contributed by atoms with Gasteiger partial charge in [-0.15, -0.1) is 6.58 Å². The van der Waals surface area contributed by atoms with Gasteiger partial charge in [-0.25, -0.2) is 0 Å². The highest BCUT2D eigenvalue weighted by Crippen LogP contribution is 2.50. The topological polar surface area (TPSA) is 20.2 Å². The molecule has 0 aromatic heterocycles. The third-order valence-electron chi connectivity index (χ3n) is 3.78. The summed E-state index contributed by atoms with van der Waals surface area (Å²) in [6.45, 7) is 5.85. The largest absolute Gasteiger partial charge is 0.385 e. The van der Waals surface area contributed by atoms with Gasteiger partial charge in [0.05, 0.1) is 5.60 Å². The molecule has 3 aliphatic rings. The SMILES string of the molecule is C=C[C@@]1(O)C[C@@H]2CC[C@H]1/C(=C\C)C2. The van der Waals surface area contributed by atoms with Crippen LogP contribution in [0.3, 0.4) is 0 Å². The Bertz CT molecular complexity index is 254. The van der Waals surface area contributed by atoms with E-state index in [-0.39, 0.29) is 0 Å². The quantitative estimate of drug-likeness (QED) is 0.612. The molecule has 13 heavy (non-hydrogen) atoms. The second-order valence-corrected chi connectivity index (χ2v) is 4.46. The van der Waals surface area contributed by atoms with Crippen molar-refractivity contribution in [3.8, 4) is 0 Å². The molecule has 0 unspecified atom stereocenters. The molecule has 0 aromatic carbocycles. The van der Waals surface area contributed by atoms with Crippen molar-refractivity contribution in [2.75, 3.05) is 0 Å². The summed E-state index contributed by atoms with van der Waals surface area (Å²) in [5.41, 5.74) is 0.855. The van der Waals surface area contributed by atoms with E-state index in [1.165, 1.54) is 18.4 Å². The number of hydrogen-bond acceptors (Lipinski definition) is 1. The van der Waals surface area contributed by atoms with E-state index in [1.807, 2.05) is 0 Å². The second-order valence-electron chi connectivity index (χ2n) is 4.46. The molecule has 1 N–H and O–H groups in total. The minimum Gasteiger partial charge on any atom is -0.385 e. The molecule has 2 bridgehead atoms. The van der Waals surface area contributed by atoms with Gasteiger partial charge in [0.15, 0.2) is 0 Å². The van der Waals surface area contributed by atoms with Gasteiger partial charge in [-0.05, 0) is 38.5 Å². The summed E-state index contributed by atoms with van der Waals surface area (Å²) in [6, 6.07) is 0. The van der Waals surface area contributed by atoms with Crippen LogP contribution in [0, 0.1) is 11.8 Å². The number of aliphatic hydroxyl groups is 1. The first-order valence-corrected chi connectivity index (χ1v) is 5.20. The lowest BCUT2D eigenvalue weighted by atomic mass is 9.60. The van der Waals surface area contributed by atoms with Crippen LogP contribution in [0.25, 0.3) is 0 Å². The smallest absolute Gasteiger partial charge is 0.0892 e. The standard InChI is InChI=1S/C12H18O/c1-3-10-7-9-5-6-11(10)12(13,4-2)8-9/h3-4,9,11,13H,2,5-8H2,1H3/b10-3-/t9-,11+,12-/m1/s1. The van der Waals surface area contributed by atoms with Gasteiger partial charge in [-0.2, -0.15) is 0 Å². The molecule has 0 spiro atoms. The zero-order chi connectivity index (χ0) is 9.47. The third-order valence-corrected chi connectivity index (χ3v) is 3.78. The van der Waals surface area contributed by atoms with Crippen molar-refractivity contribution in [2.24, 2.45) is 11.8 Å². The fourth-order valence-electron chi connectivity index (χ4n) is 3.06. The van der Waals surface area contributed by atoms with Crippen LogP contribution in [0.5, 0.6) is 0 Å². The fourth-order valence-corrected chi connectivity index (χ4v) is 3.06. The van der Waals surface area contributed by atoms with E-state index in [2.05, 4.69) is 19.6 Å². The van der Waals surface area contributed by atoms with E-state index in [0.29, 0.717) is 11.8 Å². The predicted octanol–water partition coefficient (Wildman–Crippen LogP) is 2.67. The summed E-state index contributed by atoms with van der Waals surface area (Å²) in [5, 5.41) is 10.3. The van der Waals surface area contributed by atoms with Crippen LogP contribution >= 0.6 is 0 Å². The van der Waals surface area contributed by atoms with E-state index < -0.39 is 5.60 Å². The zero-order valence-electron chi connectivity index (χ0n) is 8.29. The van der Waals surface area contributed by atoms with Crippen molar-refractivity contribution in [1.29, 1.82) is 0 Å². The van der Waals surface area contributed by atoms with Crippen LogP contribution in [0.4, 0.5) is 0 Å². The lowest BCUT2D eigenvalue weighted by Gasteiger charge is -2.48. The number of rotatable bonds is 1. The molecular weight excluding hydrogens is 160 g/mol. The first-order valence-electron chi connectivity index (χ1n) is 5.20. The van der Waals surface area contributed by atoms with E-state index in [0.717, 1.165) is 12.8 Å². The number of fused-ring (bicyclic) bond motifs is 3. The van der Waals surface area contributed by atoms with Gasteiger partial charge < -0.3 is 5.11 Å². The Labute approximate surface area is 80.2 Å². The molecule has 0 heterocycles. The number of allylic oxidation sites excluding steroid dienone is 1. The summed E-state index contributed by atoms with van der Waals surface area (Å²) in [4.78, 5) is 0. The van der Waals surface area contributed by atoms with Crippen LogP contribution in [0.1, 0.15) is 32.6 Å². The fraction of sp³-hybridized carbons (Fsp3) is 0.667. The third kappa shape index (κ3) is 1.26. The lowest BCUT2D eigenvalue weighted by Crippen LogP contribution is -2.47. The van der Waals surface area contributed by atoms with E-state index in [9.17, 15) is 5.11 Å². The molecule has 3 aliphatic carbocycles. The van der Waals surface area contributed by atoms with Crippen LogP contribution in [-0.2, 0) is 0 Å². The minimum atomic E-state index is -0.594. The zero-order valence-corrected chi connectivity index (χ0v) is 8.29. The number of hydrogen-bond donors (Lipinski definition) is 1. The van der Waals surface area contributed by atoms with Crippen LogP contribution in [-0.4, -0.2) is 10.7 Å². The van der Waals surface area contributed by atoms with Crippen molar-refractivity contribution in [2.45, 2.75) is 38.2 Å². The van der Waals surface area contributed by atoms with Crippen molar-refractivity contribution >= 4 is 0 Å². The average molecular weight is 178 g/mol. The van der Waals surface area contributed by atoms with E-state index in [1.54, 1.807) is 6.08 Å². The molecule has 0 aromatic rings. The molecule has 3 saturated carbocycles. The van der Waals surface area contributed by atoms with Crippen molar-refractivity contribution in [3.63, 3.8) is 0 Å². The molecule has 1 nitrogen and oxygen atoms in total. The molecule has 3 rings (SSSR count). The molecule has 0 amide bonds. The monoisotopic (exact) mass is 178 g/mol. The summed E-state index contributed by atoms with van der Waals surface area (Å²) in [7, 11) is 0. The van der Waals surface area contributed by atoms with Gasteiger partial charge in [0.25, 0.3) is 0 Å². The molecule has 72 valence electrons. The Morgan fingerprint density at radius 2 is 2.31 bits per heavy atom. The highest BCUT2D eigenvalue weighted by Gasteiger charge is 2.46. The van der Waals surface area contributed by atoms with Crippen molar-refractivity contribution in [3.05, 3.63) is 24.3 Å². The van der Waals surface area contributed by atoms with Gasteiger partial charge in [0, 0.05) is 5.92 Å². The first kappa shape index (κ1) is 9.01. The van der Waals surface area contributed by atoms with Gasteiger partial charge in [0.1, 0.15) is 0 Å². The van der Waals surface area contributed by atoms with Gasteiger partial charge in [-0.1, -0.05) is 17.7 Å². The van der Waals surface area contributed by atoms with E-state index >= 15 is 0 Å². The summed E-state index contributed by atoms with van der Waals surface area (Å²) >= 11 is 0. The molecule has 3 fully saturated rings. The Morgan fingerprint density at radius 1 is 1.54 bits per heavy atom. The summed E-state index contributed by atoms with van der Waals surface area (Å²) < 4.78 is 0. The summed E-state index contributed by atoms with van der Waals surface area (Å²) in [6.07, 6.45) is 8.51. The molecule has 3 atom stereocenters. The lowest BCUT2D eigenvalue weighted by molar-refractivity contribution is -0.0321. The summed E-state index contributed by atoms with van der Waals surface area (Å²) in [5.74, 6) is 1.05. The maximum Gasteiger partial charge on any atom is 0.0892 e. The maximum atomic E-state index is 10.3. The van der Waals surface area contributed by atoms with Crippen LogP contribution in [0.2, 0.25) is 0 Å². The predicted molar refractivity (Wildman–Crippen MR) is 54.4 cm³/mol. The Balaban J connectivity index is 2.32. The Kier molecular flexibility index (Phi) is 2.07.